The lowest BCUT2D eigenvalue weighted by Gasteiger charge is -2.16. The van der Waals surface area contributed by atoms with Gasteiger partial charge in [0.05, 0.1) is 6.61 Å². The van der Waals surface area contributed by atoms with Crippen LogP contribution in [0.1, 0.15) is 57.6 Å². The summed E-state index contributed by atoms with van der Waals surface area (Å²) < 4.78 is 5.86. The Morgan fingerprint density at radius 1 is 1.06 bits per heavy atom. The van der Waals surface area contributed by atoms with E-state index in [4.69, 9.17) is 4.74 Å². The standard InChI is InChI=1S/C17H26O/c1-7-14(6)16-8-15(13(4)5)9-17(10-16)18-11-12(2)3/h7-10,12-14H,1,11H2,2-6H3. The highest BCUT2D eigenvalue weighted by molar-refractivity contribution is 5.38. The fourth-order valence-corrected chi connectivity index (χ4v) is 1.72. The lowest BCUT2D eigenvalue weighted by Crippen LogP contribution is -2.05. The van der Waals surface area contributed by atoms with E-state index < -0.39 is 0 Å². The van der Waals surface area contributed by atoms with Gasteiger partial charge in [-0.1, -0.05) is 46.8 Å². The Labute approximate surface area is 112 Å². The summed E-state index contributed by atoms with van der Waals surface area (Å²) in [6.45, 7) is 15.6. The summed E-state index contributed by atoms with van der Waals surface area (Å²) in [5.41, 5.74) is 2.62. The molecule has 1 rings (SSSR count). The van der Waals surface area contributed by atoms with Crippen molar-refractivity contribution in [1.82, 2.24) is 0 Å². The second-order valence-corrected chi connectivity index (χ2v) is 5.72. The van der Waals surface area contributed by atoms with Crippen molar-refractivity contribution in [2.24, 2.45) is 5.92 Å². The van der Waals surface area contributed by atoms with Gasteiger partial charge in [-0.25, -0.2) is 0 Å². The van der Waals surface area contributed by atoms with Crippen molar-refractivity contribution in [3.63, 3.8) is 0 Å². The minimum atomic E-state index is 0.366. The maximum Gasteiger partial charge on any atom is 0.119 e. The molecule has 1 heteroatoms. The maximum absolute atomic E-state index is 5.86. The molecule has 0 aliphatic heterocycles. The smallest absolute Gasteiger partial charge is 0.119 e. The average molecular weight is 246 g/mol. The van der Waals surface area contributed by atoms with Crippen molar-refractivity contribution in [2.45, 2.75) is 46.5 Å². The van der Waals surface area contributed by atoms with E-state index in [1.165, 1.54) is 11.1 Å². The predicted molar refractivity (Wildman–Crippen MR) is 79.5 cm³/mol. The molecule has 1 unspecified atom stereocenters. The van der Waals surface area contributed by atoms with Crippen LogP contribution in [0, 0.1) is 5.92 Å². The van der Waals surface area contributed by atoms with Gasteiger partial charge in [-0.2, -0.15) is 0 Å². The molecule has 0 N–H and O–H groups in total. The largest absolute Gasteiger partial charge is 0.493 e. The molecule has 0 saturated heterocycles. The molecule has 0 radical (unpaired) electrons. The summed E-state index contributed by atoms with van der Waals surface area (Å²) in [5.74, 6) is 2.42. The van der Waals surface area contributed by atoms with Gasteiger partial charge in [0.2, 0.25) is 0 Å². The zero-order valence-electron chi connectivity index (χ0n) is 12.4. The molecule has 0 heterocycles. The molecule has 1 aromatic rings. The topological polar surface area (TPSA) is 9.23 Å². The average Bonchev–Trinajstić information content (AvgIpc) is 2.34. The Kier molecular flexibility index (Phi) is 5.46. The highest BCUT2D eigenvalue weighted by Crippen LogP contribution is 2.28. The number of benzene rings is 1. The minimum Gasteiger partial charge on any atom is -0.493 e. The minimum absolute atomic E-state index is 0.366. The van der Waals surface area contributed by atoms with Gasteiger partial charge in [0.25, 0.3) is 0 Å². The second kappa shape index (κ2) is 6.63. The van der Waals surface area contributed by atoms with Crippen molar-refractivity contribution >= 4 is 0 Å². The molecule has 0 amide bonds. The van der Waals surface area contributed by atoms with Crippen LogP contribution in [0.4, 0.5) is 0 Å². The number of hydrogen-bond acceptors (Lipinski definition) is 1. The van der Waals surface area contributed by atoms with E-state index in [2.05, 4.69) is 59.4 Å². The molecule has 0 aliphatic carbocycles. The molecular formula is C17H26O. The van der Waals surface area contributed by atoms with Crippen LogP contribution < -0.4 is 4.74 Å². The highest BCUT2D eigenvalue weighted by Gasteiger charge is 2.09. The first kappa shape index (κ1) is 14.8. The predicted octanol–water partition coefficient (Wildman–Crippen LogP) is 5.13. The van der Waals surface area contributed by atoms with Gasteiger partial charge in [0, 0.05) is 0 Å². The van der Waals surface area contributed by atoms with Crippen LogP contribution in [0.5, 0.6) is 5.75 Å². The van der Waals surface area contributed by atoms with Gasteiger partial charge in [0.15, 0.2) is 0 Å². The lowest BCUT2D eigenvalue weighted by atomic mass is 9.94. The van der Waals surface area contributed by atoms with E-state index in [1.54, 1.807) is 0 Å². The van der Waals surface area contributed by atoms with Gasteiger partial charge in [-0.05, 0) is 41.0 Å². The fraction of sp³-hybridized carbons (Fsp3) is 0.529. The van der Waals surface area contributed by atoms with Gasteiger partial charge in [0.1, 0.15) is 5.75 Å². The van der Waals surface area contributed by atoms with Gasteiger partial charge in [-0.3, -0.25) is 0 Å². The number of hydrogen-bond donors (Lipinski definition) is 0. The van der Waals surface area contributed by atoms with Crippen molar-refractivity contribution in [1.29, 1.82) is 0 Å². The molecule has 0 spiro atoms. The van der Waals surface area contributed by atoms with Crippen LogP contribution in [-0.4, -0.2) is 6.61 Å². The SMILES string of the molecule is C=CC(C)c1cc(OCC(C)C)cc(C(C)C)c1. The molecular weight excluding hydrogens is 220 g/mol. The molecule has 0 aromatic heterocycles. The van der Waals surface area contributed by atoms with E-state index in [0.717, 1.165) is 12.4 Å². The quantitative estimate of drug-likeness (QED) is 0.632. The lowest BCUT2D eigenvalue weighted by molar-refractivity contribution is 0.270. The highest BCUT2D eigenvalue weighted by atomic mass is 16.5. The van der Waals surface area contributed by atoms with E-state index in [1.807, 2.05) is 6.08 Å². The van der Waals surface area contributed by atoms with Crippen LogP contribution in [-0.2, 0) is 0 Å². The third-order valence-electron chi connectivity index (χ3n) is 3.08. The number of rotatable bonds is 6. The molecule has 1 atom stereocenters. The molecule has 0 saturated carbocycles. The zero-order valence-corrected chi connectivity index (χ0v) is 12.4. The Morgan fingerprint density at radius 3 is 2.17 bits per heavy atom. The van der Waals surface area contributed by atoms with Crippen LogP contribution in [0.15, 0.2) is 30.9 Å². The zero-order chi connectivity index (χ0) is 13.7. The van der Waals surface area contributed by atoms with Crippen molar-refractivity contribution in [2.75, 3.05) is 6.61 Å². The first-order chi connectivity index (χ1) is 8.43. The summed E-state index contributed by atoms with van der Waals surface area (Å²) in [5, 5.41) is 0. The van der Waals surface area contributed by atoms with Crippen molar-refractivity contribution in [3.05, 3.63) is 42.0 Å². The first-order valence-electron chi connectivity index (χ1n) is 6.84. The Morgan fingerprint density at radius 2 is 1.67 bits per heavy atom. The maximum atomic E-state index is 5.86. The summed E-state index contributed by atoms with van der Waals surface area (Å²) in [4.78, 5) is 0. The van der Waals surface area contributed by atoms with Crippen molar-refractivity contribution < 1.29 is 4.74 Å². The van der Waals surface area contributed by atoms with Crippen LogP contribution in [0.25, 0.3) is 0 Å². The van der Waals surface area contributed by atoms with Gasteiger partial charge < -0.3 is 4.74 Å². The summed E-state index contributed by atoms with van der Waals surface area (Å²) in [6.07, 6.45) is 1.98. The summed E-state index contributed by atoms with van der Waals surface area (Å²) >= 11 is 0. The Balaban J connectivity index is 3.01. The summed E-state index contributed by atoms with van der Waals surface area (Å²) in [7, 11) is 0. The first-order valence-corrected chi connectivity index (χ1v) is 6.84. The van der Waals surface area contributed by atoms with E-state index in [9.17, 15) is 0 Å². The fourth-order valence-electron chi connectivity index (χ4n) is 1.72. The normalized spacial score (nSPS) is 12.8. The summed E-state index contributed by atoms with van der Waals surface area (Å²) in [6, 6.07) is 6.56. The third-order valence-corrected chi connectivity index (χ3v) is 3.08. The Bertz CT molecular complexity index is 391. The van der Waals surface area contributed by atoms with E-state index in [0.29, 0.717) is 17.8 Å². The van der Waals surface area contributed by atoms with Crippen molar-refractivity contribution in [3.8, 4) is 5.75 Å². The van der Waals surface area contributed by atoms with Crippen LogP contribution >= 0.6 is 0 Å². The van der Waals surface area contributed by atoms with E-state index >= 15 is 0 Å². The second-order valence-electron chi connectivity index (χ2n) is 5.72. The van der Waals surface area contributed by atoms with Gasteiger partial charge in [-0.15, -0.1) is 6.58 Å². The van der Waals surface area contributed by atoms with E-state index in [-0.39, 0.29) is 0 Å². The molecule has 1 aromatic carbocycles. The molecule has 100 valence electrons. The molecule has 1 nitrogen and oxygen atoms in total. The molecule has 18 heavy (non-hydrogen) atoms. The third kappa shape index (κ3) is 4.21. The molecule has 0 fully saturated rings. The van der Waals surface area contributed by atoms with Crippen LogP contribution in [0.3, 0.4) is 0 Å². The molecule has 0 aliphatic rings. The Hall–Kier alpha value is -1.24. The number of ether oxygens (including phenoxy) is 1. The number of allylic oxidation sites excluding steroid dienone is 1. The van der Waals surface area contributed by atoms with Gasteiger partial charge >= 0.3 is 0 Å². The monoisotopic (exact) mass is 246 g/mol. The molecule has 0 bridgehead atoms. The van der Waals surface area contributed by atoms with Crippen LogP contribution in [0.2, 0.25) is 0 Å².